The van der Waals surface area contributed by atoms with E-state index in [9.17, 15) is 13.6 Å². The first-order valence-electron chi connectivity index (χ1n) is 5.26. The first kappa shape index (κ1) is 12.7. The van der Waals surface area contributed by atoms with E-state index < -0.39 is 17.6 Å². The maximum atomic E-state index is 14.0. The number of carboxylic acid groups (broad SMARTS) is 1. The van der Waals surface area contributed by atoms with Crippen LogP contribution in [-0.4, -0.2) is 11.1 Å². The van der Waals surface area contributed by atoms with Crippen LogP contribution in [0.2, 0.25) is 0 Å². The van der Waals surface area contributed by atoms with Gasteiger partial charge in [-0.05, 0) is 23.8 Å². The summed E-state index contributed by atoms with van der Waals surface area (Å²) in [4.78, 5) is 11.1. The third-order valence-corrected chi connectivity index (χ3v) is 2.62. The topological polar surface area (TPSA) is 61.1 Å². The molecule has 0 aliphatic carbocycles. The molecule has 0 saturated carbocycles. The van der Waals surface area contributed by atoms with Gasteiger partial charge < -0.3 is 5.11 Å². The summed E-state index contributed by atoms with van der Waals surface area (Å²) in [5, 5.41) is 17.8. The van der Waals surface area contributed by atoms with Crippen LogP contribution < -0.4 is 0 Å². The zero-order valence-electron chi connectivity index (χ0n) is 9.52. The monoisotopic (exact) mass is 259 g/mol. The Kier molecular flexibility index (Phi) is 3.25. The first-order valence-corrected chi connectivity index (χ1v) is 5.26. The van der Waals surface area contributed by atoms with E-state index in [1.165, 1.54) is 24.3 Å². The van der Waals surface area contributed by atoms with Crippen molar-refractivity contribution in [1.29, 1.82) is 5.26 Å². The van der Waals surface area contributed by atoms with Crippen molar-refractivity contribution in [1.82, 2.24) is 0 Å². The second-order valence-corrected chi connectivity index (χ2v) is 3.77. The number of nitrogens with zero attached hydrogens (tertiary/aromatic N) is 1. The molecule has 0 heterocycles. The van der Waals surface area contributed by atoms with Gasteiger partial charge in [0, 0.05) is 5.56 Å². The second-order valence-electron chi connectivity index (χ2n) is 3.77. The van der Waals surface area contributed by atoms with E-state index in [1.807, 2.05) is 0 Å². The zero-order chi connectivity index (χ0) is 14.0. The van der Waals surface area contributed by atoms with Gasteiger partial charge in [0.15, 0.2) is 0 Å². The average molecular weight is 259 g/mol. The maximum Gasteiger partial charge on any atom is 0.336 e. The molecule has 0 amide bonds. The van der Waals surface area contributed by atoms with Crippen molar-refractivity contribution < 1.29 is 18.7 Å². The molecule has 0 unspecified atom stereocenters. The molecule has 0 saturated heterocycles. The lowest BCUT2D eigenvalue weighted by atomic mass is 9.97. The fraction of sp³-hybridized carbons (Fsp3) is 0. The van der Waals surface area contributed by atoms with E-state index in [0.29, 0.717) is 0 Å². The van der Waals surface area contributed by atoms with Crippen molar-refractivity contribution >= 4 is 5.97 Å². The Balaban J connectivity index is 2.73. The molecule has 0 spiro atoms. The highest BCUT2D eigenvalue weighted by Crippen LogP contribution is 2.28. The summed E-state index contributed by atoms with van der Waals surface area (Å²) in [5.41, 5.74) is -0.563. The Morgan fingerprint density at radius 1 is 1.16 bits per heavy atom. The van der Waals surface area contributed by atoms with Crippen molar-refractivity contribution in [2.24, 2.45) is 0 Å². The molecule has 19 heavy (non-hydrogen) atoms. The SMILES string of the molecule is N#Cc1cccc(-c2ccc(F)cc2C(=O)O)c1F. The van der Waals surface area contributed by atoms with Crippen molar-refractivity contribution in [2.45, 2.75) is 0 Å². The quantitative estimate of drug-likeness (QED) is 0.900. The maximum absolute atomic E-state index is 14.0. The average Bonchev–Trinajstić information content (AvgIpc) is 2.39. The first-order chi connectivity index (χ1) is 9.04. The van der Waals surface area contributed by atoms with E-state index in [-0.39, 0.29) is 22.3 Å². The van der Waals surface area contributed by atoms with E-state index in [0.717, 1.165) is 12.1 Å². The van der Waals surface area contributed by atoms with Crippen molar-refractivity contribution in [3.63, 3.8) is 0 Å². The van der Waals surface area contributed by atoms with Crippen LogP contribution in [0.1, 0.15) is 15.9 Å². The van der Waals surface area contributed by atoms with Gasteiger partial charge in [0.1, 0.15) is 17.7 Å². The number of nitriles is 1. The van der Waals surface area contributed by atoms with E-state index in [2.05, 4.69) is 0 Å². The molecule has 0 atom stereocenters. The molecular formula is C14H7F2NO2. The third-order valence-electron chi connectivity index (χ3n) is 2.62. The van der Waals surface area contributed by atoms with Gasteiger partial charge in [-0.1, -0.05) is 18.2 Å². The molecule has 3 nitrogen and oxygen atoms in total. The number of carboxylic acids is 1. The summed E-state index contributed by atoms with van der Waals surface area (Å²) in [6.07, 6.45) is 0. The van der Waals surface area contributed by atoms with Crippen LogP contribution in [0.15, 0.2) is 36.4 Å². The molecule has 5 heteroatoms. The van der Waals surface area contributed by atoms with Crippen LogP contribution in [0.3, 0.4) is 0 Å². The van der Waals surface area contributed by atoms with Gasteiger partial charge in [-0.25, -0.2) is 13.6 Å². The Morgan fingerprint density at radius 2 is 1.89 bits per heavy atom. The third kappa shape index (κ3) is 2.29. The molecule has 1 N–H and O–H groups in total. The molecule has 0 aliphatic rings. The number of aromatic carboxylic acids is 1. The summed E-state index contributed by atoms with van der Waals surface area (Å²) in [7, 11) is 0. The minimum atomic E-state index is -1.36. The van der Waals surface area contributed by atoms with Crippen LogP contribution in [0, 0.1) is 23.0 Å². The van der Waals surface area contributed by atoms with Gasteiger partial charge in [0.25, 0.3) is 0 Å². The lowest BCUT2D eigenvalue weighted by Crippen LogP contribution is -2.02. The summed E-state index contributed by atoms with van der Waals surface area (Å²) in [5.74, 6) is -2.91. The van der Waals surface area contributed by atoms with Gasteiger partial charge in [0.2, 0.25) is 0 Å². The highest BCUT2D eigenvalue weighted by molar-refractivity contribution is 5.96. The minimum Gasteiger partial charge on any atom is -0.478 e. The molecule has 0 aliphatic heterocycles. The predicted octanol–water partition coefficient (Wildman–Crippen LogP) is 3.20. The van der Waals surface area contributed by atoms with E-state index >= 15 is 0 Å². The van der Waals surface area contributed by atoms with Crippen molar-refractivity contribution in [3.05, 3.63) is 59.2 Å². The molecule has 94 valence electrons. The van der Waals surface area contributed by atoms with Crippen molar-refractivity contribution in [3.8, 4) is 17.2 Å². The summed E-state index contributed by atoms with van der Waals surface area (Å²) in [6.45, 7) is 0. The highest BCUT2D eigenvalue weighted by Gasteiger charge is 2.17. The second kappa shape index (κ2) is 4.86. The Hall–Kier alpha value is -2.74. The molecular weight excluding hydrogens is 252 g/mol. The van der Waals surface area contributed by atoms with Crippen LogP contribution in [0.25, 0.3) is 11.1 Å². The van der Waals surface area contributed by atoms with Gasteiger partial charge in [-0.3, -0.25) is 0 Å². The molecule has 2 aromatic carbocycles. The summed E-state index contributed by atoms with van der Waals surface area (Å²) >= 11 is 0. The zero-order valence-corrected chi connectivity index (χ0v) is 9.52. The van der Waals surface area contributed by atoms with Gasteiger partial charge in [0.05, 0.1) is 11.1 Å². The Labute approximate surface area is 107 Å². The molecule has 0 aromatic heterocycles. The lowest BCUT2D eigenvalue weighted by molar-refractivity contribution is 0.0697. The lowest BCUT2D eigenvalue weighted by Gasteiger charge is -2.08. The number of carbonyl (C=O) groups is 1. The normalized spacial score (nSPS) is 9.95. The van der Waals surface area contributed by atoms with Crippen LogP contribution in [0.4, 0.5) is 8.78 Å². The molecule has 0 fully saturated rings. The van der Waals surface area contributed by atoms with Gasteiger partial charge in [-0.2, -0.15) is 5.26 Å². The number of hydrogen-bond donors (Lipinski definition) is 1. The molecule has 0 radical (unpaired) electrons. The number of benzene rings is 2. The minimum absolute atomic E-state index is 0.0310. The Bertz CT molecular complexity index is 705. The fourth-order valence-electron chi connectivity index (χ4n) is 1.75. The molecule has 2 rings (SSSR count). The number of hydrogen-bond acceptors (Lipinski definition) is 2. The smallest absolute Gasteiger partial charge is 0.336 e. The van der Waals surface area contributed by atoms with E-state index in [4.69, 9.17) is 10.4 Å². The van der Waals surface area contributed by atoms with Crippen LogP contribution in [0.5, 0.6) is 0 Å². The number of halogens is 2. The van der Waals surface area contributed by atoms with E-state index in [1.54, 1.807) is 6.07 Å². The summed E-state index contributed by atoms with van der Waals surface area (Å²) < 4.78 is 27.1. The van der Waals surface area contributed by atoms with Crippen LogP contribution in [-0.2, 0) is 0 Å². The van der Waals surface area contributed by atoms with Gasteiger partial charge >= 0.3 is 5.97 Å². The Morgan fingerprint density at radius 3 is 2.53 bits per heavy atom. The molecule has 2 aromatic rings. The highest BCUT2D eigenvalue weighted by atomic mass is 19.1. The standard InChI is InChI=1S/C14H7F2NO2/c15-9-4-5-10(12(6-9)14(18)19)11-3-1-2-8(7-17)13(11)16/h1-6H,(H,18,19). The van der Waals surface area contributed by atoms with Crippen LogP contribution >= 0.6 is 0 Å². The largest absolute Gasteiger partial charge is 0.478 e. The fourth-order valence-corrected chi connectivity index (χ4v) is 1.75. The molecule has 0 bridgehead atoms. The predicted molar refractivity (Wildman–Crippen MR) is 63.5 cm³/mol. The van der Waals surface area contributed by atoms with Gasteiger partial charge in [-0.15, -0.1) is 0 Å². The number of rotatable bonds is 2. The van der Waals surface area contributed by atoms with Crippen molar-refractivity contribution in [2.75, 3.05) is 0 Å². The summed E-state index contributed by atoms with van der Waals surface area (Å²) in [6, 6.07) is 8.77.